The Morgan fingerprint density at radius 3 is 2.53 bits per heavy atom. The van der Waals surface area contributed by atoms with Crippen molar-refractivity contribution in [3.05, 3.63) is 29.8 Å². The predicted molar refractivity (Wildman–Crippen MR) is 62.5 cm³/mol. The zero-order chi connectivity index (χ0) is 12.4. The first kappa shape index (κ1) is 11.2. The summed E-state index contributed by atoms with van der Waals surface area (Å²) in [6.45, 7) is 0.226. The van der Waals surface area contributed by atoms with E-state index in [1.54, 1.807) is 24.3 Å². The molecule has 0 radical (unpaired) electrons. The second-order valence-electron chi connectivity index (χ2n) is 3.93. The van der Waals surface area contributed by atoms with Crippen LogP contribution in [0.4, 0.5) is 5.69 Å². The second kappa shape index (κ2) is 4.30. The number of terminal acetylenes is 1. The SMILES string of the molecule is C#Cc1ccc(N2CC(C(=O)O)CC2=O)cc1. The fourth-order valence-corrected chi connectivity index (χ4v) is 1.86. The predicted octanol–water partition coefficient (Wildman–Crippen LogP) is 1.11. The van der Waals surface area contributed by atoms with Gasteiger partial charge in [-0.15, -0.1) is 6.42 Å². The lowest BCUT2D eigenvalue weighted by atomic mass is 10.1. The molecule has 0 saturated carbocycles. The van der Waals surface area contributed by atoms with Crippen molar-refractivity contribution in [3.8, 4) is 12.3 Å². The van der Waals surface area contributed by atoms with Crippen molar-refractivity contribution in [2.24, 2.45) is 5.92 Å². The lowest BCUT2D eigenvalue weighted by molar-refractivity contribution is -0.141. The molecule has 1 heterocycles. The monoisotopic (exact) mass is 229 g/mol. The number of nitrogens with zero attached hydrogens (tertiary/aromatic N) is 1. The molecule has 1 aromatic carbocycles. The summed E-state index contributed by atoms with van der Waals surface area (Å²) in [5.41, 5.74) is 1.42. The maximum absolute atomic E-state index is 11.7. The maximum atomic E-state index is 11.7. The first-order valence-corrected chi connectivity index (χ1v) is 5.21. The van der Waals surface area contributed by atoms with Crippen molar-refractivity contribution in [2.45, 2.75) is 6.42 Å². The minimum atomic E-state index is -0.930. The number of benzene rings is 1. The van der Waals surface area contributed by atoms with Crippen LogP contribution in [0.15, 0.2) is 24.3 Å². The molecule has 1 aliphatic heterocycles. The summed E-state index contributed by atoms with van der Waals surface area (Å²) in [5.74, 6) is 0.779. The second-order valence-corrected chi connectivity index (χ2v) is 3.93. The maximum Gasteiger partial charge on any atom is 0.308 e. The highest BCUT2D eigenvalue weighted by Crippen LogP contribution is 2.25. The molecule has 1 atom stereocenters. The van der Waals surface area contributed by atoms with Gasteiger partial charge in [0.05, 0.1) is 5.92 Å². The van der Waals surface area contributed by atoms with Crippen molar-refractivity contribution >= 4 is 17.6 Å². The molecule has 1 aromatic rings. The third kappa shape index (κ3) is 2.13. The normalized spacial score (nSPS) is 19.1. The smallest absolute Gasteiger partial charge is 0.308 e. The van der Waals surface area contributed by atoms with Gasteiger partial charge in [-0.1, -0.05) is 5.92 Å². The summed E-state index contributed by atoms with van der Waals surface area (Å²) in [5, 5.41) is 8.87. The molecule has 0 spiro atoms. The fourth-order valence-electron chi connectivity index (χ4n) is 1.86. The molecule has 1 aliphatic rings. The molecule has 0 aliphatic carbocycles. The Morgan fingerprint density at radius 1 is 1.41 bits per heavy atom. The zero-order valence-electron chi connectivity index (χ0n) is 9.09. The van der Waals surface area contributed by atoms with Gasteiger partial charge in [-0.2, -0.15) is 0 Å². The van der Waals surface area contributed by atoms with Crippen molar-refractivity contribution in [2.75, 3.05) is 11.4 Å². The summed E-state index contributed by atoms with van der Waals surface area (Å²) >= 11 is 0. The Balaban J connectivity index is 2.20. The Bertz CT molecular complexity index is 498. The van der Waals surface area contributed by atoms with Crippen LogP contribution >= 0.6 is 0 Å². The highest BCUT2D eigenvalue weighted by molar-refractivity contribution is 5.99. The van der Waals surface area contributed by atoms with E-state index in [1.165, 1.54) is 4.90 Å². The van der Waals surface area contributed by atoms with Gasteiger partial charge in [0.15, 0.2) is 0 Å². The van der Waals surface area contributed by atoms with Crippen LogP contribution < -0.4 is 4.90 Å². The van der Waals surface area contributed by atoms with Gasteiger partial charge >= 0.3 is 5.97 Å². The van der Waals surface area contributed by atoms with Crippen LogP contribution in [0.25, 0.3) is 0 Å². The topological polar surface area (TPSA) is 57.6 Å². The number of carboxylic acid groups (broad SMARTS) is 1. The standard InChI is InChI=1S/C13H11NO3/c1-2-9-3-5-11(6-4-9)14-8-10(13(16)17)7-12(14)15/h1,3-6,10H,7-8H2,(H,16,17). The average Bonchev–Trinajstić information content (AvgIpc) is 2.72. The number of rotatable bonds is 2. The van der Waals surface area contributed by atoms with Gasteiger partial charge in [-0.25, -0.2) is 0 Å². The van der Waals surface area contributed by atoms with Crippen LogP contribution in [0.1, 0.15) is 12.0 Å². The summed E-state index contributed by atoms with van der Waals surface area (Å²) in [7, 11) is 0. The van der Waals surface area contributed by atoms with Crippen LogP contribution in [-0.2, 0) is 9.59 Å². The molecule has 4 nitrogen and oxygen atoms in total. The van der Waals surface area contributed by atoms with E-state index in [9.17, 15) is 9.59 Å². The van der Waals surface area contributed by atoms with Crippen LogP contribution in [0.3, 0.4) is 0 Å². The largest absolute Gasteiger partial charge is 0.481 e. The average molecular weight is 229 g/mol. The first-order chi connectivity index (χ1) is 8.11. The lowest BCUT2D eigenvalue weighted by Crippen LogP contribution is -2.25. The van der Waals surface area contributed by atoms with Gasteiger partial charge in [0, 0.05) is 24.2 Å². The molecule has 0 bridgehead atoms. The highest BCUT2D eigenvalue weighted by Gasteiger charge is 2.34. The van der Waals surface area contributed by atoms with E-state index in [2.05, 4.69) is 5.92 Å². The van der Waals surface area contributed by atoms with Crippen LogP contribution in [-0.4, -0.2) is 23.5 Å². The Labute approximate surface area is 98.9 Å². The molecule has 1 N–H and O–H groups in total. The van der Waals surface area contributed by atoms with E-state index in [0.717, 1.165) is 5.56 Å². The number of hydrogen-bond donors (Lipinski definition) is 1. The third-order valence-corrected chi connectivity index (χ3v) is 2.82. The molecule has 4 heteroatoms. The Hall–Kier alpha value is -2.28. The molecule has 17 heavy (non-hydrogen) atoms. The van der Waals surface area contributed by atoms with E-state index in [0.29, 0.717) is 5.69 Å². The number of anilines is 1. The molecule has 86 valence electrons. The van der Waals surface area contributed by atoms with E-state index in [1.807, 2.05) is 0 Å². The molecule has 2 rings (SSSR count). The minimum Gasteiger partial charge on any atom is -0.481 e. The summed E-state index contributed by atoms with van der Waals surface area (Å²) in [6, 6.07) is 6.93. The fraction of sp³-hybridized carbons (Fsp3) is 0.231. The highest BCUT2D eigenvalue weighted by atomic mass is 16.4. The van der Waals surface area contributed by atoms with Crippen LogP contribution in [0.2, 0.25) is 0 Å². The van der Waals surface area contributed by atoms with Crippen LogP contribution in [0, 0.1) is 18.3 Å². The van der Waals surface area contributed by atoms with Crippen molar-refractivity contribution in [3.63, 3.8) is 0 Å². The van der Waals surface area contributed by atoms with Gasteiger partial charge in [0.2, 0.25) is 5.91 Å². The molecule has 1 saturated heterocycles. The van der Waals surface area contributed by atoms with Gasteiger partial charge in [-0.3, -0.25) is 9.59 Å². The number of carbonyl (C=O) groups excluding carboxylic acids is 1. The van der Waals surface area contributed by atoms with Gasteiger partial charge in [-0.05, 0) is 24.3 Å². The van der Waals surface area contributed by atoms with E-state index < -0.39 is 11.9 Å². The van der Waals surface area contributed by atoms with Gasteiger partial charge in [0.1, 0.15) is 0 Å². The molecular weight excluding hydrogens is 218 g/mol. The van der Waals surface area contributed by atoms with E-state index >= 15 is 0 Å². The summed E-state index contributed by atoms with van der Waals surface area (Å²) < 4.78 is 0. The number of amides is 1. The molecular formula is C13H11NO3. The van der Waals surface area contributed by atoms with Crippen molar-refractivity contribution in [1.29, 1.82) is 0 Å². The molecule has 1 fully saturated rings. The summed E-state index contributed by atoms with van der Waals surface area (Å²) in [4.78, 5) is 24.0. The number of hydrogen-bond acceptors (Lipinski definition) is 2. The van der Waals surface area contributed by atoms with Gasteiger partial charge in [0.25, 0.3) is 0 Å². The Kier molecular flexibility index (Phi) is 2.84. The molecule has 1 amide bonds. The lowest BCUT2D eigenvalue weighted by Gasteiger charge is -2.15. The summed E-state index contributed by atoms with van der Waals surface area (Å²) in [6.07, 6.45) is 5.30. The van der Waals surface area contributed by atoms with E-state index in [4.69, 9.17) is 11.5 Å². The number of carbonyl (C=O) groups is 2. The first-order valence-electron chi connectivity index (χ1n) is 5.21. The number of carboxylic acids is 1. The zero-order valence-corrected chi connectivity index (χ0v) is 9.09. The van der Waals surface area contributed by atoms with Crippen LogP contribution in [0.5, 0.6) is 0 Å². The van der Waals surface area contributed by atoms with E-state index in [-0.39, 0.29) is 18.9 Å². The molecule has 1 unspecified atom stereocenters. The molecule has 0 aromatic heterocycles. The third-order valence-electron chi connectivity index (χ3n) is 2.82. The van der Waals surface area contributed by atoms with Gasteiger partial charge < -0.3 is 10.0 Å². The van der Waals surface area contributed by atoms with Crippen molar-refractivity contribution < 1.29 is 14.7 Å². The quantitative estimate of drug-likeness (QED) is 0.773. The minimum absolute atomic E-state index is 0.0617. The Morgan fingerprint density at radius 2 is 2.06 bits per heavy atom. The van der Waals surface area contributed by atoms with Crippen molar-refractivity contribution in [1.82, 2.24) is 0 Å². The number of aliphatic carboxylic acids is 1.